The maximum atomic E-state index is 9.64. The largest absolute Gasteiger partial charge is 0.396 e. The van der Waals surface area contributed by atoms with Crippen molar-refractivity contribution in [2.24, 2.45) is 5.41 Å². The van der Waals surface area contributed by atoms with Crippen molar-refractivity contribution in [1.82, 2.24) is 4.90 Å². The maximum absolute atomic E-state index is 9.64. The summed E-state index contributed by atoms with van der Waals surface area (Å²) in [6.07, 6.45) is 0.124. The van der Waals surface area contributed by atoms with Gasteiger partial charge in [0.25, 0.3) is 0 Å². The van der Waals surface area contributed by atoms with E-state index in [1.807, 2.05) is 0 Å². The lowest BCUT2D eigenvalue weighted by Gasteiger charge is -2.47. The number of ether oxygens (including phenoxy) is 2. The molecule has 1 N–H and O–H groups in total. The zero-order valence-corrected chi connectivity index (χ0v) is 12.9. The normalized spacial score (nSPS) is 29.1. The van der Waals surface area contributed by atoms with Gasteiger partial charge in [0, 0.05) is 19.1 Å². The van der Waals surface area contributed by atoms with Crippen LogP contribution in [0.15, 0.2) is 24.3 Å². The summed E-state index contributed by atoms with van der Waals surface area (Å²) in [7, 11) is 0. The SMILES string of the molecule is Cc1ccccc1C1CN(CC2(CO)COC2)C(C)CO1. The fraction of sp³-hybridized carbons (Fsp3) is 0.647. The van der Waals surface area contributed by atoms with E-state index in [4.69, 9.17) is 9.47 Å². The summed E-state index contributed by atoms with van der Waals surface area (Å²) in [5, 5.41) is 9.64. The third kappa shape index (κ3) is 2.99. The van der Waals surface area contributed by atoms with Crippen LogP contribution in [-0.2, 0) is 9.47 Å². The van der Waals surface area contributed by atoms with E-state index in [9.17, 15) is 5.11 Å². The Labute approximate surface area is 126 Å². The Bertz CT molecular complexity index is 481. The summed E-state index contributed by atoms with van der Waals surface area (Å²) < 4.78 is 11.4. The second kappa shape index (κ2) is 6.05. The molecule has 2 fully saturated rings. The van der Waals surface area contributed by atoms with E-state index in [2.05, 4.69) is 43.0 Å². The van der Waals surface area contributed by atoms with Crippen LogP contribution in [0.4, 0.5) is 0 Å². The van der Waals surface area contributed by atoms with Gasteiger partial charge in [0.15, 0.2) is 0 Å². The molecule has 0 amide bonds. The molecule has 0 bridgehead atoms. The van der Waals surface area contributed by atoms with Gasteiger partial charge < -0.3 is 14.6 Å². The average molecular weight is 291 g/mol. The zero-order valence-electron chi connectivity index (χ0n) is 12.9. The lowest BCUT2D eigenvalue weighted by atomic mass is 9.85. The Kier molecular flexibility index (Phi) is 4.31. The van der Waals surface area contributed by atoms with Gasteiger partial charge in [-0.2, -0.15) is 0 Å². The standard InChI is InChI=1S/C17H25NO3/c1-13-5-3-4-6-15(13)16-7-18(14(2)8-21-16)9-17(10-19)11-20-12-17/h3-6,14,16,19H,7-12H2,1-2H3. The summed E-state index contributed by atoms with van der Waals surface area (Å²) >= 11 is 0. The van der Waals surface area contributed by atoms with Crippen LogP contribution in [0.1, 0.15) is 24.2 Å². The molecule has 3 rings (SSSR count). The smallest absolute Gasteiger partial charge is 0.0955 e. The Balaban J connectivity index is 1.71. The number of nitrogens with zero attached hydrogens (tertiary/aromatic N) is 1. The number of rotatable bonds is 4. The monoisotopic (exact) mass is 291 g/mol. The van der Waals surface area contributed by atoms with Crippen molar-refractivity contribution < 1.29 is 14.6 Å². The molecule has 0 saturated carbocycles. The van der Waals surface area contributed by atoms with Gasteiger partial charge in [0.1, 0.15) is 0 Å². The second-order valence-electron chi connectivity index (χ2n) is 6.61. The molecule has 1 aromatic rings. The van der Waals surface area contributed by atoms with Crippen LogP contribution >= 0.6 is 0 Å². The number of morpholine rings is 1. The first-order valence-corrected chi connectivity index (χ1v) is 7.73. The second-order valence-corrected chi connectivity index (χ2v) is 6.61. The quantitative estimate of drug-likeness (QED) is 0.918. The molecule has 2 heterocycles. The van der Waals surface area contributed by atoms with Gasteiger partial charge in [-0.25, -0.2) is 0 Å². The van der Waals surface area contributed by atoms with Gasteiger partial charge >= 0.3 is 0 Å². The summed E-state index contributed by atoms with van der Waals surface area (Å²) in [6.45, 7) is 8.37. The first kappa shape index (κ1) is 15.0. The van der Waals surface area contributed by atoms with Crippen molar-refractivity contribution in [2.75, 3.05) is 39.5 Å². The first-order chi connectivity index (χ1) is 10.1. The number of benzene rings is 1. The van der Waals surface area contributed by atoms with Crippen LogP contribution in [-0.4, -0.2) is 55.6 Å². The Morgan fingerprint density at radius 2 is 2.10 bits per heavy atom. The fourth-order valence-corrected chi connectivity index (χ4v) is 3.22. The predicted octanol–water partition coefficient (Wildman–Crippen LogP) is 1.77. The van der Waals surface area contributed by atoms with Gasteiger partial charge in [-0.15, -0.1) is 0 Å². The molecule has 1 aromatic carbocycles. The first-order valence-electron chi connectivity index (χ1n) is 7.73. The molecule has 2 aliphatic heterocycles. The lowest BCUT2D eigenvalue weighted by Crippen LogP contribution is -2.57. The third-order valence-electron chi connectivity index (χ3n) is 4.79. The van der Waals surface area contributed by atoms with Crippen molar-refractivity contribution in [2.45, 2.75) is 26.0 Å². The van der Waals surface area contributed by atoms with Crippen LogP contribution in [0.5, 0.6) is 0 Å². The summed E-state index contributed by atoms with van der Waals surface area (Å²) in [6, 6.07) is 8.81. The molecular weight excluding hydrogens is 266 g/mol. The Hall–Kier alpha value is -0.940. The van der Waals surface area contributed by atoms with Crippen LogP contribution in [0.2, 0.25) is 0 Å². The van der Waals surface area contributed by atoms with Crippen molar-refractivity contribution >= 4 is 0 Å². The highest BCUT2D eigenvalue weighted by atomic mass is 16.5. The van der Waals surface area contributed by atoms with Crippen LogP contribution in [0.3, 0.4) is 0 Å². The fourth-order valence-electron chi connectivity index (χ4n) is 3.22. The molecule has 2 aliphatic rings. The van der Waals surface area contributed by atoms with Crippen molar-refractivity contribution in [1.29, 1.82) is 0 Å². The molecule has 0 aromatic heterocycles. The minimum absolute atomic E-state index is 0.0676. The van der Waals surface area contributed by atoms with E-state index in [0.717, 1.165) is 19.7 Å². The van der Waals surface area contributed by atoms with E-state index >= 15 is 0 Å². The number of aliphatic hydroxyl groups excluding tert-OH is 1. The van der Waals surface area contributed by atoms with Gasteiger partial charge in [-0.3, -0.25) is 4.90 Å². The predicted molar refractivity (Wildman–Crippen MR) is 81.2 cm³/mol. The molecule has 0 radical (unpaired) electrons. The highest BCUT2D eigenvalue weighted by molar-refractivity contribution is 5.28. The molecular formula is C17H25NO3. The van der Waals surface area contributed by atoms with Crippen molar-refractivity contribution in [3.8, 4) is 0 Å². The average Bonchev–Trinajstić information content (AvgIpc) is 2.45. The number of hydrogen-bond donors (Lipinski definition) is 1. The Morgan fingerprint density at radius 3 is 2.71 bits per heavy atom. The number of hydrogen-bond acceptors (Lipinski definition) is 4. The molecule has 0 spiro atoms. The molecule has 2 atom stereocenters. The molecule has 0 aliphatic carbocycles. The maximum Gasteiger partial charge on any atom is 0.0955 e. The summed E-state index contributed by atoms with van der Waals surface area (Å²) in [5.41, 5.74) is 2.49. The topological polar surface area (TPSA) is 41.9 Å². The minimum Gasteiger partial charge on any atom is -0.396 e. The molecule has 2 saturated heterocycles. The van der Waals surface area contributed by atoms with Gasteiger partial charge in [-0.1, -0.05) is 24.3 Å². The lowest BCUT2D eigenvalue weighted by molar-refractivity contribution is -0.165. The van der Waals surface area contributed by atoms with Crippen molar-refractivity contribution in [3.63, 3.8) is 0 Å². The van der Waals surface area contributed by atoms with E-state index in [1.54, 1.807) is 0 Å². The van der Waals surface area contributed by atoms with Crippen molar-refractivity contribution in [3.05, 3.63) is 35.4 Å². The molecule has 2 unspecified atom stereocenters. The summed E-state index contributed by atoms with van der Waals surface area (Å²) in [4.78, 5) is 2.44. The summed E-state index contributed by atoms with van der Waals surface area (Å²) in [5.74, 6) is 0. The van der Waals surface area contributed by atoms with Gasteiger partial charge in [-0.05, 0) is 25.0 Å². The van der Waals surface area contributed by atoms with Crippen LogP contribution < -0.4 is 0 Å². The third-order valence-corrected chi connectivity index (χ3v) is 4.79. The highest BCUT2D eigenvalue weighted by Crippen LogP contribution is 2.33. The van der Waals surface area contributed by atoms with Crippen LogP contribution in [0, 0.1) is 12.3 Å². The van der Waals surface area contributed by atoms with Gasteiger partial charge in [0.2, 0.25) is 0 Å². The number of aryl methyl sites for hydroxylation is 1. The molecule has 4 heteroatoms. The number of aliphatic hydroxyl groups is 1. The molecule has 21 heavy (non-hydrogen) atoms. The Morgan fingerprint density at radius 1 is 1.33 bits per heavy atom. The molecule has 4 nitrogen and oxygen atoms in total. The minimum atomic E-state index is -0.0676. The van der Waals surface area contributed by atoms with Crippen LogP contribution in [0.25, 0.3) is 0 Å². The van der Waals surface area contributed by atoms with Gasteiger partial charge in [0.05, 0.1) is 37.9 Å². The molecule has 116 valence electrons. The van der Waals surface area contributed by atoms with E-state index < -0.39 is 0 Å². The van der Waals surface area contributed by atoms with E-state index in [1.165, 1.54) is 11.1 Å². The zero-order chi connectivity index (χ0) is 14.9. The van der Waals surface area contributed by atoms with E-state index in [-0.39, 0.29) is 18.1 Å². The van der Waals surface area contributed by atoms with E-state index in [0.29, 0.717) is 19.3 Å². The highest BCUT2D eigenvalue weighted by Gasteiger charge is 2.42.